The quantitative estimate of drug-likeness (QED) is 0.773. The Balaban J connectivity index is 1.89. The van der Waals surface area contributed by atoms with Crippen LogP contribution in [0, 0.1) is 0 Å². The summed E-state index contributed by atoms with van der Waals surface area (Å²) in [6.07, 6.45) is 1.14. The molecule has 92 valence electrons. The first-order valence-corrected chi connectivity index (χ1v) is 6.63. The second kappa shape index (κ2) is 4.95. The van der Waals surface area contributed by atoms with Crippen LogP contribution in [0.2, 0.25) is 0 Å². The Morgan fingerprint density at radius 2 is 1.72 bits per heavy atom. The maximum absolute atomic E-state index is 2.43. The number of fused-ring (bicyclic) bond motifs is 1. The maximum atomic E-state index is 2.43. The van der Waals surface area contributed by atoms with E-state index in [0.717, 1.165) is 19.5 Å². The summed E-state index contributed by atoms with van der Waals surface area (Å²) in [4.78, 5) is 2.43. The van der Waals surface area contributed by atoms with Crippen molar-refractivity contribution in [2.45, 2.75) is 18.9 Å². The third-order valence-electron chi connectivity index (χ3n) is 3.79. The summed E-state index contributed by atoms with van der Waals surface area (Å²) >= 11 is 0. The van der Waals surface area contributed by atoms with Crippen molar-refractivity contribution < 1.29 is 0 Å². The molecule has 3 rings (SSSR count). The van der Waals surface area contributed by atoms with Crippen molar-refractivity contribution >= 4 is 0 Å². The van der Waals surface area contributed by atoms with Crippen LogP contribution in [-0.2, 0) is 13.0 Å². The molecule has 0 fully saturated rings. The molecule has 1 nitrogen and oxygen atoms in total. The molecule has 1 aliphatic rings. The lowest BCUT2D eigenvalue weighted by molar-refractivity contribution is 0.280. The van der Waals surface area contributed by atoms with Crippen LogP contribution < -0.4 is 0 Å². The highest BCUT2D eigenvalue weighted by Gasteiger charge is 2.22. The molecule has 0 spiro atoms. The lowest BCUT2D eigenvalue weighted by Gasteiger charge is -2.32. The highest BCUT2D eigenvalue weighted by molar-refractivity contribution is 5.34. The summed E-state index contributed by atoms with van der Waals surface area (Å²) in [7, 11) is 2.22. The van der Waals surface area contributed by atoms with Crippen LogP contribution in [0.5, 0.6) is 0 Å². The predicted molar refractivity (Wildman–Crippen MR) is 75.7 cm³/mol. The van der Waals surface area contributed by atoms with Gasteiger partial charge in [0.15, 0.2) is 0 Å². The van der Waals surface area contributed by atoms with Gasteiger partial charge in [-0.2, -0.15) is 0 Å². The van der Waals surface area contributed by atoms with Crippen LogP contribution in [0.4, 0.5) is 0 Å². The molecule has 1 unspecified atom stereocenters. The molecule has 2 aromatic carbocycles. The van der Waals surface area contributed by atoms with E-state index in [1.807, 2.05) is 0 Å². The van der Waals surface area contributed by atoms with E-state index in [0.29, 0.717) is 5.92 Å². The zero-order valence-electron chi connectivity index (χ0n) is 10.8. The molecule has 0 saturated carbocycles. The van der Waals surface area contributed by atoms with Crippen molar-refractivity contribution in [2.24, 2.45) is 0 Å². The highest BCUT2D eigenvalue weighted by atomic mass is 15.1. The van der Waals surface area contributed by atoms with Gasteiger partial charge in [-0.25, -0.2) is 0 Å². The number of nitrogens with zero attached hydrogens (tertiary/aromatic N) is 1. The van der Waals surface area contributed by atoms with Crippen molar-refractivity contribution in [3.8, 4) is 0 Å². The second-order valence-corrected chi connectivity index (χ2v) is 5.28. The summed E-state index contributed by atoms with van der Waals surface area (Å²) in [5, 5.41) is 0. The molecule has 0 amide bonds. The number of benzene rings is 2. The van der Waals surface area contributed by atoms with Crippen molar-refractivity contribution in [3.63, 3.8) is 0 Å². The number of rotatable bonds is 2. The van der Waals surface area contributed by atoms with E-state index in [4.69, 9.17) is 0 Å². The van der Waals surface area contributed by atoms with Gasteiger partial charge in [0, 0.05) is 19.0 Å². The Bertz CT molecular complexity index is 518. The van der Waals surface area contributed by atoms with Crippen molar-refractivity contribution in [1.29, 1.82) is 0 Å². The van der Waals surface area contributed by atoms with Crippen LogP contribution in [0.3, 0.4) is 0 Å². The van der Waals surface area contributed by atoms with Gasteiger partial charge in [0.1, 0.15) is 0 Å². The minimum Gasteiger partial charge on any atom is -0.301 e. The molecule has 0 radical (unpaired) electrons. The van der Waals surface area contributed by atoms with Gasteiger partial charge in [-0.15, -0.1) is 0 Å². The topological polar surface area (TPSA) is 3.24 Å². The van der Waals surface area contributed by atoms with Crippen LogP contribution in [-0.4, -0.2) is 18.5 Å². The molecule has 0 saturated heterocycles. The van der Waals surface area contributed by atoms with Crippen LogP contribution in [0.25, 0.3) is 0 Å². The Morgan fingerprint density at radius 3 is 2.56 bits per heavy atom. The van der Waals surface area contributed by atoms with Gasteiger partial charge in [-0.1, -0.05) is 54.6 Å². The molecular formula is C17H19N. The standard InChI is InChI=1S/C17H19N/c1-18-12-15-9-5-6-10-17(15)16(13-18)11-14-7-3-2-4-8-14/h2-10,16H,11-13H2,1H3. The fourth-order valence-electron chi connectivity index (χ4n) is 2.98. The lowest BCUT2D eigenvalue weighted by atomic mass is 9.85. The Morgan fingerprint density at radius 1 is 1.00 bits per heavy atom. The molecule has 0 aliphatic carbocycles. The summed E-state index contributed by atoms with van der Waals surface area (Å²) in [5.41, 5.74) is 4.47. The van der Waals surface area contributed by atoms with Gasteiger partial charge >= 0.3 is 0 Å². The van der Waals surface area contributed by atoms with Gasteiger partial charge in [-0.3, -0.25) is 0 Å². The number of hydrogen-bond donors (Lipinski definition) is 0. The van der Waals surface area contributed by atoms with Gasteiger partial charge in [0.25, 0.3) is 0 Å². The van der Waals surface area contributed by atoms with E-state index >= 15 is 0 Å². The largest absolute Gasteiger partial charge is 0.301 e. The van der Waals surface area contributed by atoms with Gasteiger partial charge in [0.05, 0.1) is 0 Å². The fourth-order valence-corrected chi connectivity index (χ4v) is 2.98. The Hall–Kier alpha value is -1.60. The van der Waals surface area contributed by atoms with Gasteiger partial charge in [-0.05, 0) is 30.2 Å². The number of likely N-dealkylation sites (N-methyl/N-ethyl adjacent to an activating group) is 1. The third-order valence-corrected chi connectivity index (χ3v) is 3.79. The molecule has 1 atom stereocenters. The van der Waals surface area contributed by atoms with Crippen LogP contribution in [0.15, 0.2) is 54.6 Å². The van der Waals surface area contributed by atoms with E-state index in [2.05, 4.69) is 66.5 Å². The molecule has 0 bridgehead atoms. The van der Waals surface area contributed by atoms with Gasteiger partial charge in [0.2, 0.25) is 0 Å². The second-order valence-electron chi connectivity index (χ2n) is 5.28. The maximum Gasteiger partial charge on any atom is 0.0233 e. The molecule has 0 N–H and O–H groups in total. The molecule has 18 heavy (non-hydrogen) atoms. The predicted octanol–water partition coefficient (Wildman–Crippen LogP) is 3.46. The van der Waals surface area contributed by atoms with Crippen molar-refractivity contribution in [3.05, 3.63) is 71.3 Å². The first kappa shape index (κ1) is 11.5. The summed E-state index contributed by atoms with van der Waals surface area (Å²) in [6, 6.07) is 19.7. The minimum atomic E-state index is 0.627. The highest BCUT2D eigenvalue weighted by Crippen LogP contribution is 2.30. The zero-order valence-corrected chi connectivity index (χ0v) is 10.8. The Kier molecular flexibility index (Phi) is 3.16. The monoisotopic (exact) mass is 237 g/mol. The van der Waals surface area contributed by atoms with E-state index in [1.54, 1.807) is 5.56 Å². The summed E-state index contributed by atoms with van der Waals surface area (Å²) in [6.45, 7) is 2.24. The third kappa shape index (κ3) is 2.32. The van der Waals surface area contributed by atoms with E-state index in [9.17, 15) is 0 Å². The SMILES string of the molecule is CN1Cc2ccccc2C(Cc2ccccc2)C1. The van der Waals surface area contributed by atoms with E-state index < -0.39 is 0 Å². The zero-order chi connectivity index (χ0) is 12.4. The summed E-state index contributed by atoms with van der Waals surface area (Å²) in [5.74, 6) is 0.627. The fraction of sp³-hybridized carbons (Fsp3) is 0.294. The molecule has 1 aliphatic heterocycles. The molecular weight excluding hydrogens is 218 g/mol. The number of hydrogen-bond acceptors (Lipinski definition) is 1. The van der Waals surface area contributed by atoms with Crippen molar-refractivity contribution in [2.75, 3.05) is 13.6 Å². The molecule has 0 aromatic heterocycles. The van der Waals surface area contributed by atoms with Gasteiger partial charge < -0.3 is 4.90 Å². The first-order valence-electron chi connectivity index (χ1n) is 6.63. The minimum absolute atomic E-state index is 0.627. The van der Waals surface area contributed by atoms with Crippen LogP contribution in [0.1, 0.15) is 22.6 Å². The summed E-state index contributed by atoms with van der Waals surface area (Å²) < 4.78 is 0. The normalized spacial score (nSPS) is 19.5. The smallest absolute Gasteiger partial charge is 0.0233 e. The first-order chi connectivity index (χ1) is 8.83. The molecule has 1 heteroatoms. The van der Waals surface area contributed by atoms with Crippen LogP contribution >= 0.6 is 0 Å². The van der Waals surface area contributed by atoms with Crippen molar-refractivity contribution in [1.82, 2.24) is 4.90 Å². The average molecular weight is 237 g/mol. The Labute approximate surface area is 109 Å². The van der Waals surface area contributed by atoms with E-state index in [1.165, 1.54) is 11.1 Å². The molecule has 2 aromatic rings. The molecule has 1 heterocycles. The average Bonchev–Trinajstić information content (AvgIpc) is 2.40. The lowest BCUT2D eigenvalue weighted by Crippen LogP contribution is -2.31. The van der Waals surface area contributed by atoms with E-state index in [-0.39, 0.29) is 0 Å².